The largest absolute Gasteiger partial charge is 0.462 e. The first kappa shape index (κ1) is 21.3. The number of ether oxygens (including phenoxy) is 1. The van der Waals surface area contributed by atoms with Gasteiger partial charge in [-0.2, -0.15) is 0 Å². The van der Waals surface area contributed by atoms with Gasteiger partial charge in [0.15, 0.2) is 5.11 Å². The van der Waals surface area contributed by atoms with E-state index in [1.807, 2.05) is 61.5 Å². The summed E-state index contributed by atoms with van der Waals surface area (Å²) in [6.45, 7) is 4.61. The van der Waals surface area contributed by atoms with Crippen LogP contribution in [0.1, 0.15) is 27.7 Å². The fraction of sp³-hybridized carbons (Fsp3) is 0.182. The van der Waals surface area contributed by atoms with Gasteiger partial charge in [-0.05, 0) is 49.3 Å². The number of carbonyl (C=O) groups is 1. The average Bonchev–Trinajstić information content (AvgIpc) is 3.03. The summed E-state index contributed by atoms with van der Waals surface area (Å²) in [6, 6.07) is 17.4. The second kappa shape index (κ2) is 9.87. The molecule has 7 heteroatoms. The van der Waals surface area contributed by atoms with Crippen molar-refractivity contribution in [2.24, 2.45) is 0 Å². The van der Waals surface area contributed by atoms with E-state index in [1.54, 1.807) is 6.92 Å². The van der Waals surface area contributed by atoms with Crippen LogP contribution in [0.3, 0.4) is 0 Å². The SMILES string of the molecule is CCOC(=O)c1c(NC(=S)NCc2cccc(Cl)c2)sc(C)c1-c1ccccc1. The maximum absolute atomic E-state index is 12.7. The fourth-order valence-electron chi connectivity index (χ4n) is 2.96. The molecule has 0 fully saturated rings. The molecule has 1 aromatic heterocycles. The Morgan fingerprint density at radius 1 is 1.17 bits per heavy atom. The Hall–Kier alpha value is -2.41. The number of esters is 1. The van der Waals surface area contributed by atoms with Gasteiger partial charge in [0, 0.05) is 22.0 Å². The van der Waals surface area contributed by atoms with Gasteiger partial charge in [0.25, 0.3) is 0 Å². The minimum atomic E-state index is -0.365. The summed E-state index contributed by atoms with van der Waals surface area (Å²) in [5, 5.41) is 8.10. The van der Waals surface area contributed by atoms with Crippen molar-refractivity contribution in [3.63, 3.8) is 0 Å². The van der Waals surface area contributed by atoms with E-state index in [0.29, 0.717) is 33.9 Å². The topological polar surface area (TPSA) is 50.4 Å². The van der Waals surface area contributed by atoms with Gasteiger partial charge < -0.3 is 15.4 Å². The Balaban J connectivity index is 1.84. The Morgan fingerprint density at radius 2 is 1.93 bits per heavy atom. The molecule has 0 bridgehead atoms. The molecule has 3 rings (SSSR count). The van der Waals surface area contributed by atoms with Crippen LogP contribution in [-0.2, 0) is 11.3 Å². The number of nitrogens with one attached hydrogen (secondary N) is 2. The highest BCUT2D eigenvalue weighted by Gasteiger charge is 2.24. The highest BCUT2D eigenvalue weighted by Crippen LogP contribution is 2.40. The van der Waals surface area contributed by atoms with Crippen molar-refractivity contribution in [2.45, 2.75) is 20.4 Å². The number of anilines is 1. The summed E-state index contributed by atoms with van der Waals surface area (Å²) < 4.78 is 5.32. The first-order valence-corrected chi connectivity index (χ1v) is 10.7. The van der Waals surface area contributed by atoms with E-state index in [0.717, 1.165) is 21.6 Å². The lowest BCUT2D eigenvalue weighted by molar-refractivity contribution is 0.0529. The molecule has 0 spiro atoms. The molecular weight excluding hydrogens is 424 g/mol. The van der Waals surface area contributed by atoms with Gasteiger partial charge >= 0.3 is 5.97 Å². The Bertz CT molecular complexity index is 1020. The Labute approximate surface area is 184 Å². The van der Waals surface area contributed by atoms with Crippen molar-refractivity contribution in [1.82, 2.24) is 5.32 Å². The molecule has 4 nitrogen and oxygen atoms in total. The van der Waals surface area contributed by atoms with Gasteiger partial charge in [0.05, 0.1) is 6.61 Å². The lowest BCUT2D eigenvalue weighted by Crippen LogP contribution is -2.28. The van der Waals surface area contributed by atoms with Crippen molar-refractivity contribution < 1.29 is 9.53 Å². The molecule has 0 unspecified atom stereocenters. The maximum atomic E-state index is 12.7. The van der Waals surface area contributed by atoms with Gasteiger partial charge in [0.2, 0.25) is 0 Å². The van der Waals surface area contributed by atoms with Crippen LogP contribution in [0.5, 0.6) is 0 Å². The third kappa shape index (κ3) is 5.35. The van der Waals surface area contributed by atoms with E-state index in [-0.39, 0.29) is 5.97 Å². The molecule has 0 amide bonds. The van der Waals surface area contributed by atoms with Gasteiger partial charge in [0.1, 0.15) is 10.6 Å². The van der Waals surface area contributed by atoms with Crippen LogP contribution in [0.4, 0.5) is 5.00 Å². The normalized spacial score (nSPS) is 10.4. The lowest BCUT2D eigenvalue weighted by atomic mass is 10.0. The molecule has 0 radical (unpaired) electrons. The molecule has 0 atom stereocenters. The zero-order chi connectivity index (χ0) is 20.8. The van der Waals surface area contributed by atoms with Crippen molar-refractivity contribution >= 4 is 51.2 Å². The summed E-state index contributed by atoms with van der Waals surface area (Å²) in [5.74, 6) is -0.365. The van der Waals surface area contributed by atoms with E-state index in [2.05, 4.69) is 10.6 Å². The van der Waals surface area contributed by atoms with Crippen molar-refractivity contribution in [1.29, 1.82) is 0 Å². The Morgan fingerprint density at radius 3 is 2.62 bits per heavy atom. The molecule has 2 aromatic carbocycles. The molecule has 0 saturated heterocycles. The smallest absolute Gasteiger partial charge is 0.341 e. The lowest BCUT2D eigenvalue weighted by Gasteiger charge is -2.12. The third-order valence-electron chi connectivity index (χ3n) is 4.20. The van der Waals surface area contributed by atoms with E-state index in [9.17, 15) is 4.79 Å². The molecule has 3 aromatic rings. The molecule has 150 valence electrons. The number of thiophene rings is 1. The number of rotatable bonds is 6. The van der Waals surface area contributed by atoms with E-state index in [4.69, 9.17) is 28.6 Å². The molecule has 0 aliphatic carbocycles. The van der Waals surface area contributed by atoms with Crippen molar-refractivity contribution in [2.75, 3.05) is 11.9 Å². The predicted molar refractivity (Wildman–Crippen MR) is 125 cm³/mol. The van der Waals surface area contributed by atoms with Gasteiger partial charge in [-0.1, -0.05) is 54.1 Å². The van der Waals surface area contributed by atoms with Crippen LogP contribution in [0.2, 0.25) is 5.02 Å². The van der Waals surface area contributed by atoms with Gasteiger partial charge in [-0.3, -0.25) is 0 Å². The number of carbonyl (C=O) groups excluding carboxylic acids is 1. The summed E-state index contributed by atoms with van der Waals surface area (Å²) in [5.41, 5.74) is 3.36. The minimum absolute atomic E-state index is 0.304. The molecule has 0 saturated carbocycles. The first-order valence-electron chi connectivity index (χ1n) is 9.14. The van der Waals surface area contributed by atoms with Crippen LogP contribution in [-0.4, -0.2) is 17.7 Å². The zero-order valence-electron chi connectivity index (χ0n) is 16.1. The monoisotopic (exact) mass is 444 g/mol. The second-order valence-electron chi connectivity index (χ2n) is 6.26. The Kier molecular flexibility index (Phi) is 7.25. The van der Waals surface area contributed by atoms with Gasteiger partial charge in [-0.25, -0.2) is 4.79 Å². The highest BCUT2D eigenvalue weighted by molar-refractivity contribution is 7.80. The molecular formula is C22H21ClN2O2S2. The standard InChI is InChI=1S/C22H21ClN2O2S2/c1-3-27-21(26)19-18(16-9-5-4-6-10-16)14(2)29-20(19)25-22(28)24-13-15-8-7-11-17(23)12-15/h4-12H,3,13H2,1-2H3,(H2,24,25,28). The zero-order valence-corrected chi connectivity index (χ0v) is 18.5. The quantitative estimate of drug-likeness (QED) is 0.358. The van der Waals surface area contributed by atoms with Gasteiger partial charge in [-0.15, -0.1) is 11.3 Å². The van der Waals surface area contributed by atoms with E-state index in [1.165, 1.54) is 11.3 Å². The van der Waals surface area contributed by atoms with Crippen LogP contribution in [0.25, 0.3) is 11.1 Å². The van der Waals surface area contributed by atoms with Crippen LogP contribution in [0.15, 0.2) is 54.6 Å². The number of thiocarbonyl (C=S) groups is 1. The number of halogens is 1. The number of aryl methyl sites for hydroxylation is 1. The highest BCUT2D eigenvalue weighted by atomic mass is 35.5. The molecule has 1 heterocycles. The molecule has 0 aliphatic rings. The van der Waals surface area contributed by atoms with E-state index >= 15 is 0 Å². The third-order valence-corrected chi connectivity index (χ3v) is 5.70. The molecule has 0 aliphatic heterocycles. The second-order valence-corrected chi connectivity index (χ2v) is 8.33. The average molecular weight is 445 g/mol. The van der Waals surface area contributed by atoms with E-state index < -0.39 is 0 Å². The van der Waals surface area contributed by atoms with Crippen LogP contribution in [0, 0.1) is 6.92 Å². The number of benzene rings is 2. The number of hydrogen-bond donors (Lipinski definition) is 2. The van der Waals surface area contributed by atoms with Crippen LogP contribution < -0.4 is 10.6 Å². The summed E-state index contributed by atoms with van der Waals surface area (Å²) >= 11 is 13.0. The van der Waals surface area contributed by atoms with Crippen LogP contribution >= 0.6 is 35.2 Å². The summed E-state index contributed by atoms with van der Waals surface area (Å²) in [4.78, 5) is 13.8. The van der Waals surface area contributed by atoms with Crippen molar-refractivity contribution in [3.05, 3.63) is 75.6 Å². The first-order chi connectivity index (χ1) is 14.0. The van der Waals surface area contributed by atoms with Crippen molar-refractivity contribution in [3.8, 4) is 11.1 Å². The summed E-state index contributed by atoms with van der Waals surface area (Å²) in [7, 11) is 0. The maximum Gasteiger partial charge on any atom is 0.341 e. The minimum Gasteiger partial charge on any atom is -0.462 e. The number of hydrogen-bond acceptors (Lipinski definition) is 4. The summed E-state index contributed by atoms with van der Waals surface area (Å²) in [6.07, 6.45) is 0. The molecule has 29 heavy (non-hydrogen) atoms. The molecule has 2 N–H and O–H groups in total. The predicted octanol–water partition coefficient (Wildman–Crippen LogP) is 6.04. The fourth-order valence-corrected chi connectivity index (χ4v) is 4.48.